The number of nitrogens with two attached hydrogens (primary N) is 2. The van der Waals surface area contributed by atoms with E-state index in [0.717, 1.165) is 5.69 Å². The Balaban J connectivity index is 2.46. The highest BCUT2D eigenvalue weighted by molar-refractivity contribution is 6.02. The number of guanidine groups is 1. The molecule has 1 aromatic heterocycles. The van der Waals surface area contributed by atoms with E-state index in [0.29, 0.717) is 17.0 Å². The van der Waals surface area contributed by atoms with Gasteiger partial charge in [-0.25, -0.2) is 0 Å². The molecule has 108 valence electrons. The average molecular weight is 285 g/mol. The maximum Gasteiger partial charge on any atom is 0.280 e. The van der Waals surface area contributed by atoms with Gasteiger partial charge in [-0.1, -0.05) is 11.2 Å². The second-order valence-electron chi connectivity index (χ2n) is 4.34. The first-order valence-electron chi connectivity index (χ1n) is 6.13. The molecule has 0 bridgehead atoms. The molecule has 0 aliphatic heterocycles. The van der Waals surface area contributed by atoms with Crippen LogP contribution in [0.25, 0.3) is 5.69 Å². The summed E-state index contributed by atoms with van der Waals surface area (Å²) in [7, 11) is 0. The van der Waals surface area contributed by atoms with Crippen molar-refractivity contribution < 1.29 is 10.0 Å². The molecule has 0 fully saturated rings. The third-order valence-corrected chi connectivity index (χ3v) is 2.87. The highest BCUT2D eigenvalue weighted by atomic mass is 16.4. The van der Waals surface area contributed by atoms with Gasteiger partial charge in [-0.15, -0.1) is 0 Å². The third kappa shape index (κ3) is 3.08. The van der Waals surface area contributed by atoms with Crippen molar-refractivity contribution in [3.05, 3.63) is 53.9 Å². The number of hydrogen-bond acceptors (Lipinski definition) is 3. The van der Waals surface area contributed by atoms with Gasteiger partial charge < -0.3 is 21.2 Å². The number of aliphatic imine (C=N–C) groups is 1. The molecule has 0 radical (unpaired) electrons. The quantitative estimate of drug-likeness (QED) is 0.338. The predicted octanol–water partition coefficient (Wildman–Crippen LogP) is 1.09. The molecule has 5 N–H and O–H groups in total. The van der Waals surface area contributed by atoms with Gasteiger partial charge in [0.25, 0.3) is 5.91 Å². The zero-order chi connectivity index (χ0) is 15.4. The molecule has 7 nitrogen and oxygen atoms in total. The maximum absolute atomic E-state index is 11.8. The molecule has 1 heterocycles. The van der Waals surface area contributed by atoms with Gasteiger partial charge in [-0.3, -0.25) is 4.79 Å². The third-order valence-electron chi connectivity index (χ3n) is 2.87. The molecule has 0 atom stereocenters. The van der Waals surface area contributed by atoms with E-state index in [1.54, 1.807) is 42.0 Å². The Labute approximate surface area is 121 Å². The molecule has 2 aromatic rings. The largest absolute Gasteiger partial charge is 0.411 e. The van der Waals surface area contributed by atoms with Crippen LogP contribution in [-0.2, 0) is 0 Å². The molecule has 1 amide bonds. The van der Waals surface area contributed by atoms with Crippen molar-refractivity contribution in [3.63, 3.8) is 0 Å². The molecule has 0 aliphatic carbocycles. The molecule has 0 saturated heterocycles. The van der Waals surface area contributed by atoms with E-state index >= 15 is 0 Å². The Morgan fingerprint density at radius 1 is 1.24 bits per heavy atom. The van der Waals surface area contributed by atoms with Gasteiger partial charge in [-0.05, 0) is 37.3 Å². The molecule has 0 saturated carbocycles. The first-order valence-corrected chi connectivity index (χ1v) is 6.13. The molecular weight excluding hydrogens is 270 g/mol. The van der Waals surface area contributed by atoms with E-state index in [1.165, 1.54) is 0 Å². The number of carbonyl (C=O) groups is 1. The van der Waals surface area contributed by atoms with Gasteiger partial charge in [0.2, 0.25) is 0 Å². The monoisotopic (exact) mass is 285 g/mol. The molecular formula is C14H15N5O2. The number of aromatic nitrogens is 1. The summed E-state index contributed by atoms with van der Waals surface area (Å²) >= 11 is 0. The Morgan fingerprint density at radius 2 is 2.00 bits per heavy atom. The van der Waals surface area contributed by atoms with Crippen molar-refractivity contribution in [1.82, 2.24) is 4.57 Å². The second kappa shape index (κ2) is 5.91. The van der Waals surface area contributed by atoms with Crippen LogP contribution >= 0.6 is 0 Å². The van der Waals surface area contributed by atoms with Crippen molar-refractivity contribution in [2.45, 2.75) is 6.92 Å². The van der Waals surface area contributed by atoms with Gasteiger partial charge in [0.1, 0.15) is 5.71 Å². The van der Waals surface area contributed by atoms with Gasteiger partial charge >= 0.3 is 0 Å². The normalized spacial score (nSPS) is 11.2. The first kappa shape index (κ1) is 14.3. The Morgan fingerprint density at radius 3 is 2.67 bits per heavy atom. The van der Waals surface area contributed by atoms with Crippen LogP contribution < -0.4 is 11.5 Å². The summed E-state index contributed by atoms with van der Waals surface area (Å²) in [5, 5.41) is 12.1. The van der Waals surface area contributed by atoms with E-state index in [-0.39, 0.29) is 5.96 Å². The Bertz CT molecular complexity index is 726. The summed E-state index contributed by atoms with van der Waals surface area (Å²) in [6, 6.07) is 10.4. The number of amides is 1. The maximum atomic E-state index is 11.8. The summed E-state index contributed by atoms with van der Waals surface area (Å²) in [5.74, 6) is -0.798. The highest BCUT2D eigenvalue weighted by Crippen LogP contribution is 2.16. The van der Waals surface area contributed by atoms with Gasteiger partial charge in [-0.2, -0.15) is 4.99 Å². The predicted molar refractivity (Wildman–Crippen MR) is 79.9 cm³/mol. The standard InChI is InChI=1S/C14H15N5O2/c1-9(18-21)12-6-3-7-19(12)11-5-2-4-10(8-11)13(20)17-14(15)16/h2-8,21H,1H3,(H4,15,16,17,20)/b18-9-. The SMILES string of the molecule is C/C(=N/O)c1cccn1-c1cccc(C(=O)N=C(N)N)c1. The highest BCUT2D eigenvalue weighted by Gasteiger charge is 2.10. The van der Waals surface area contributed by atoms with Crippen molar-refractivity contribution in [3.8, 4) is 5.69 Å². The van der Waals surface area contributed by atoms with Crippen LogP contribution in [0.15, 0.2) is 52.7 Å². The number of benzene rings is 1. The summed E-state index contributed by atoms with van der Waals surface area (Å²) < 4.78 is 1.79. The van der Waals surface area contributed by atoms with E-state index in [4.69, 9.17) is 16.7 Å². The zero-order valence-corrected chi connectivity index (χ0v) is 11.4. The lowest BCUT2D eigenvalue weighted by atomic mass is 10.2. The van der Waals surface area contributed by atoms with Crippen LogP contribution in [0.2, 0.25) is 0 Å². The minimum absolute atomic E-state index is 0.282. The zero-order valence-electron chi connectivity index (χ0n) is 11.4. The lowest BCUT2D eigenvalue weighted by Gasteiger charge is -2.09. The number of carbonyl (C=O) groups excluding carboxylic acids is 1. The molecule has 2 rings (SSSR count). The molecule has 7 heteroatoms. The van der Waals surface area contributed by atoms with Crippen LogP contribution in [0.4, 0.5) is 0 Å². The fraction of sp³-hybridized carbons (Fsp3) is 0.0714. The number of hydrogen-bond donors (Lipinski definition) is 3. The van der Waals surface area contributed by atoms with E-state index in [9.17, 15) is 4.79 Å². The molecule has 21 heavy (non-hydrogen) atoms. The smallest absolute Gasteiger partial charge is 0.280 e. The van der Waals surface area contributed by atoms with E-state index < -0.39 is 5.91 Å². The van der Waals surface area contributed by atoms with Crippen LogP contribution in [0.3, 0.4) is 0 Å². The van der Waals surface area contributed by atoms with Crippen molar-refractivity contribution in [2.24, 2.45) is 21.6 Å². The lowest BCUT2D eigenvalue weighted by Crippen LogP contribution is -2.24. The van der Waals surface area contributed by atoms with Gasteiger partial charge in [0.05, 0.1) is 5.69 Å². The van der Waals surface area contributed by atoms with Crippen molar-refractivity contribution >= 4 is 17.6 Å². The second-order valence-corrected chi connectivity index (χ2v) is 4.34. The summed E-state index contributed by atoms with van der Waals surface area (Å²) in [5.41, 5.74) is 12.7. The molecule has 0 spiro atoms. The summed E-state index contributed by atoms with van der Waals surface area (Å²) in [4.78, 5) is 15.3. The minimum atomic E-state index is -0.516. The fourth-order valence-corrected chi connectivity index (χ4v) is 1.92. The Kier molecular flexibility index (Phi) is 4.03. The number of nitrogens with zero attached hydrogens (tertiary/aromatic N) is 3. The molecule has 0 unspecified atom stereocenters. The van der Waals surface area contributed by atoms with Crippen LogP contribution in [-0.4, -0.2) is 27.4 Å². The lowest BCUT2D eigenvalue weighted by molar-refractivity contribution is 0.100. The van der Waals surface area contributed by atoms with Gasteiger partial charge in [0.15, 0.2) is 5.96 Å². The van der Waals surface area contributed by atoms with Crippen molar-refractivity contribution in [2.75, 3.05) is 0 Å². The van der Waals surface area contributed by atoms with E-state index in [1.807, 2.05) is 12.1 Å². The summed E-state index contributed by atoms with van der Waals surface area (Å²) in [6.07, 6.45) is 1.80. The van der Waals surface area contributed by atoms with Crippen LogP contribution in [0, 0.1) is 0 Å². The number of oxime groups is 1. The molecule has 1 aromatic carbocycles. The summed E-state index contributed by atoms with van der Waals surface area (Å²) in [6.45, 7) is 1.68. The molecule has 0 aliphatic rings. The van der Waals surface area contributed by atoms with E-state index in [2.05, 4.69) is 10.1 Å². The van der Waals surface area contributed by atoms with Crippen molar-refractivity contribution in [1.29, 1.82) is 0 Å². The van der Waals surface area contributed by atoms with Crippen LogP contribution in [0.1, 0.15) is 23.0 Å². The fourth-order valence-electron chi connectivity index (χ4n) is 1.92. The average Bonchev–Trinajstić information content (AvgIpc) is 2.95. The van der Waals surface area contributed by atoms with Crippen LogP contribution in [0.5, 0.6) is 0 Å². The first-order chi connectivity index (χ1) is 10.0. The minimum Gasteiger partial charge on any atom is -0.411 e. The number of rotatable bonds is 3. The topological polar surface area (TPSA) is 119 Å². The Hall–Kier alpha value is -3.09. The van der Waals surface area contributed by atoms with Gasteiger partial charge in [0, 0.05) is 17.4 Å².